The molecule has 3 rings (SSSR count). The smallest absolute Gasteiger partial charge is 0.351 e. The van der Waals surface area contributed by atoms with Gasteiger partial charge in [0.2, 0.25) is 12.2 Å². The number of benzene rings is 2. The number of likely N-dealkylation sites (N-methyl/N-ethyl adjacent to an activating group) is 1. The minimum atomic E-state index is -1.07. The summed E-state index contributed by atoms with van der Waals surface area (Å²) in [4.78, 5) is 31.5. The first-order valence-corrected chi connectivity index (χ1v) is 8.41. The summed E-state index contributed by atoms with van der Waals surface area (Å²) >= 11 is 0. The first-order valence-electron chi connectivity index (χ1n) is 8.41. The lowest BCUT2D eigenvalue weighted by molar-refractivity contribution is -0.168. The van der Waals surface area contributed by atoms with E-state index in [1.165, 1.54) is 17.0 Å². The van der Waals surface area contributed by atoms with Crippen LogP contribution in [-0.4, -0.2) is 42.7 Å². The third-order valence-electron chi connectivity index (χ3n) is 4.09. The number of hydrogen-bond donors (Lipinski definition) is 0. The lowest BCUT2D eigenvalue weighted by atomic mass is 10.0. The van der Waals surface area contributed by atoms with Gasteiger partial charge in [-0.1, -0.05) is 47.6 Å². The van der Waals surface area contributed by atoms with Crippen molar-refractivity contribution < 1.29 is 23.6 Å². The van der Waals surface area contributed by atoms with Crippen molar-refractivity contribution in [1.82, 2.24) is 4.90 Å². The van der Waals surface area contributed by atoms with Crippen LogP contribution < -0.4 is 0 Å². The van der Waals surface area contributed by atoms with Crippen LogP contribution in [0.15, 0.2) is 59.8 Å². The number of esters is 1. The largest absolute Gasteiger partial charge is 0.444 e. The van der Waals surface area contributed by atoms with Gasteiger partial charge in [-0.15, -0.1) is 0 Å². The molecular formula is C20H19FN2O4. The van der Waals surface area contributed by atoms with E-state index in [1.807, 2.05) is 6.07 Å². The lowest BCUT2D eigenvalue weighted by Crippen LogP contribution is -2.34. The maximum atomic E-state index is 13.4. The summed E-state index contributed by atoms with van der Waals surface area (Å²) in [5.41, 5.74) is 1.55. The molecule has 2 unspecified atom stereocenters. The predicted octanol–water partition coefficient (Wildman–Crippen LogP) is 2.69. The molecule has 1 amide bonds. The standard InChI is InChI=1S/C20H19FN2O4/c1-23(2)19(24)18(13-7-4-3-5-8-13)26-20(25)17-12-16(22-27-17)14-9-6-10-15(21)11-14/h3-11,17-18H,12H2,1-2H3. The second-order valence-electron chi connectivity index (χ2n) is 6.31. The van der Waals surface area contributed by atoms with Crippen LogP contribution in [0.2, 0.25) is 0 Å². The molecule has 1 aliphatic heterocycles. The number of nitrogens with zero attached hydrogens (tertiary/aromatic N) is 2. The minimum absolute atomic E-state index is 0.139. The molecule has 2 aromatic carbocycles. The molecule has 0 bridgehead atoms. The first kappa shape index (κ1) is 18.6. The van der Waals surface area contributed by atoms with Crippen molar-refractivity contribution in [3.63, 3.8) is 0 Å². The van der Waals surface area contributed by atoms with E-state index in [2.05, 4.69) is 5.16 Å². The van der Waals surface area contributed by atoms with Crippen LogP contribution in [0.1, 0.15) is 23.7 Å². The number of carbonyl (C=O) groups is 2. The average molecular weight is 370 g/mol. The van der Waals surface area contributed by atoms with Crippen molar-refractivity contribution in [2.75, 3.05) is 14.1 Å². The van der Waals surface area contributed by atoms with Crippen LogP contribution in [0.5, 0.6) is 0 Å². The predicted molar refractivity (Wildman–Crippen MR) is 96.4 cm³/mol. The van der Waals surface area contributed by atoms with Crippen molar-refractivity contribution in [2.45, 2.75) is 18.6 Å². The summed E-state index contributed by atoms with van der Waals surface area (Å²) in [6, 6.07) is 14.6. The van der Waals surface area contributed by atoms with Crippen molar-refractivity contribution in [3.05, 3.63) is 71.5 Å². The molecule has 0 N–H and O–H groups in total. The Bertz CT molecular complexity index is 867. The molecule has 7 heteroatoms. The highest BCUT2D eigenvalue weighted by atomic mass is 19.1. The van der Waals surface area contributed by atoms with Crippen LogP contribution in [0, 0.1) is 5.82 Å². The highest BCUT2D eigenvalue weighted by Gasteiger charge is 2.35. The Labute approximate surface area is 156 Å². The van der Waals surface area contributed by atoms with Gasteiger partial charge in [0.15, 0.2) is 0 Å². The summed E-state index contributed by atoms with van der Waals surface area (Å²) in [6.07, 6.45) is -1.92. The van der Waals surface area contributed by atoms with E-state index in [-0.39, 0.29) is 12.3 Å². The van der Waals surface area contributed by atoms with E-state index in [0.29, 0.717) is 16.8 Å². The van der Waals surface area contributed by atoms with Crippen LogP contribution >= 0.6 is 0 Å². The normalized spacial score (nSPS) is 16.9. The van der Waals surface area contributed by atoms with E-state index in [1.54, 1.807) is 50.5 Å². The van der Waals surface area contributed by atoms with Crippen LogP contribution in [0.25, 0.3) is 0 Å². The summed E-state index contributed by atoms with van der Waals surface area (Å²) in [5, 5.41) is 3.86. The number of rotatable bonds is 5. The number of oxime groups is 1. The lowest BCUT2D eigenvalue weighted by Gasteiger charge is -2.22. The topological polar surface area (TPSA) is 68.2 Å². The van der Waals surface area contributed by atoms with Gasteiger partial charge < -0.3 is 14.5 Å². The molecule has 0 radical (unpaired) electrons. The van der Waals surface area contributed by atoms with Gasteiger partial charge in [0.1, 0.15) is 5.82 Å². The van der Waals surface area contributed by atoms with E-state index in [4.69, 9.17) is 9.57 Å². The van der Waals surface area contributed by atoms with Gasteiger partial charge in [0.05, 0.1) is 5.71 Å². The zero-order valence-corrected chi connectivity index (χ0v) is 15.0. The monoisotopic (exact) mass is 370 g/mol. The Morgan fingerprint density at radius 3 is 2.59 bits per heavy atom. The Kier molecular flexibility index (Phi) is 5.49. The maximum absolute atomic E-state index is 13.4. The summed E-state index contributed by atoms with van der Waals surface area (Å²) < 4.78 is 18.8. The quantitative estimate of drug-likeness (QED) is 0.759. The van der Waals surface area contributed by atoms with Gasteiger partial charge in [0.25, 0.3) is 5.91 Å². The fourth-order valence-corrected chi connectivity index (χ4v) is 2.66. The zero-order chi connectivity index (χ0) is 19.4. The number of amides is 1. The van der Waals surface area contributed by atoms with Crippen molar-refractivity contribution in [1.29, 1.82) is 0 Å². The summed E-state index contributed by atoms with van der Waals surface area (Å²) in [7, 11) is 3.17. The van der Waals surface area contributed by atoms with E-state index >= 15 is 0 Å². The van der Waals surface area contributed by atoms with Crippen molar-refractivity contribution in [3.8, 4) is 0 Å². The Balaban J connectivity index is 1.71. The van der Waals surface area contributed by atoms with Crippen molar-refractivity contribution in [2.24, 2.45) is 5.16 Å². The number of halogens is 1. The molecular weight excluding hydrogens is 351 g/mol. The molecule has 1 aliphatic rings. The molecule has 0 saturated carbocycles. The van der Waals surface area contributed by atoms with Crippen LogP contribution in [-0.2, 0) is 19.2 Å². The molecule has 0 aromatic heterocycles. The molecule has 140 valence electrons. The molecule has 6 nitrogen and oxygen atoms in total. The SMILES string of the molecule is CN(C)C(=O)C(OC(=O)C1CC(c2cccc(F)c2)=NO1)c1ccccc1. The molecule has 0 spiro atoms. The average Bonchev–Trinajstić information content (AvgIpc) is 3.16. The second-order valence-corrected chi connectivity index (χ2v) is 6.31. The first-order chi connectivity index (χ1) is 13.0. The molecule has 27 heavy (non-hydrogen) atoms. The van der Waals surface area contributed by atoms with Gasteiger partial charge in [-0.05, 0) is 12.1 Å². The van der Waals surface area contributed by atoms with Crippen LogP contribution in [0.3, 0.4) is 0 Å². The van der Waals surface area contributed by atoms with Crippen LogP contribution in [0.4, 0.5) is 4.39 Å². The molecule has 2 atom stereocenters. The Morgan fingerprint density at radius 1 is 1.19 bits per heavy atom. The van der Waals surface area contributed by atoms with E-state index in [9.17, 15) is 14.0 Å². The molecule has 0 aliphatic carbocycles. The summed E-state index contributed by atoms with van der Waals surface area (Å²) in [5.74, 6) is -1.46. The fourth-order valence-electron chi connectivity index (χ4n) is 2.66. The van der Waals surface area contributed by atoms with Gasteiger partial charge >= 0.3 is 5.97 Å². The zero-order valence-electron chi connectivity index (χ0n) is 15.0. The third-order valence-corrected chi connectivity index (χ3v) is 4.09. The highest BCUT2D eigenvalue weighted by molar-refractivity contribution is 6.03. The van der Waals surface area contributed by atoms with Crippen molar-refractivity contribution >= 4 is 17.6 Å². The Morgan fingerprint density at radius 2 is 1.93 bits per heavy atom. The van der Waals surface area contributed by atoms with Gasteiger partial charge in [-0.3, -0.25) is 4.79 Å². The molecule has 2 aromatic rings. The number of hydrogen-bond acceptors (Lipinski definition) is 5. The summed E-state index contributed by atoms with van der Waals surface area (Å²) in [6.45, 7) is 0. The van der Waals surface area contributed by atoms with Gasteiger partial charge in [-0.25, -0.2) is 9.18 Å². The van der Waals surface area contributed by atoms with E-state index < -0.39 is 24.0 Å². The second kappa shape index (κ2) is 7.99. The third kappa shape index (κ3) is 4.31. The van der Waals surface area contributed by atoms with Gasteiger partial charge in [-0.2, -0.15) is 0 Å². The minimum Gasteiger partial charge on any atom is -0.444 e. The number of carbonyl (C=O) groups excluding carboxylic acids is 2. The maximum Gasteiger partial charge on any atom is 0.351 e. The fraction of sp³-hybridized carbons (Fsp3) is 0.250. The van der Waals surface area contributed by atoms with E-state index in [0.717, 1.165) is 0 Å². The number of ether oxygens (including phenoxy) is 1. The molecule has 1 heterocycles. The van der Waals surface area contributed by atoms with Gasteiger partial charge in [0, 0.05) is 31.6 Å². The molecule has 0 fully saturated rings. The highest BCUT2D eigenvalue weighted by Crippen LogP contribution is 2.24. The molecule has 0 saturated heterocycles. The Hall–Kier alpha value is -3.22.